The average Bonchev–Trinajstić information content (AvgIpc) is 2.78. The zero-order valence-corrected chi connectivity index (χ0v) is 20.5. The number of carbonyl (C=O) groups excluding carboxylic acids is 1. The second-order valence-electron chi connectivity index (χ2n) is 8.40. The van der Waals surface area contributed by atoms with E-state index in [1.807, 2.05) is 32.9 Å². The first-order chi connectivity index (χ1) is 16.1. The highest BCUT2D eigenvalue weighted by Gasteiger charge is 2.17. The summed E-state index contributed by atoms with van der Waals surface area (Å²) in [7, 11) is 0. The van der Waals surface area contributed by atoms with Gasteiger partial charge in [-0.25, -0.2) is 0 Å². The van der Waals surface area contributed by atoms with Gasteiger partial charge in [0, 0.05) is 48.7 Å². The molecule has 1 aliphatic heterocycles. The SMILES string of the molecule is C\C=C(/C=C\C(=N/C(=C\C(C)=O)c1ccc(O)c(OC(F)F)c1)C(C)CC)N1CCN[C@@H](C)C1. The molecule has 1 aromatic rings. The molecule has 1 fully saturated rings. The molecule has 0 aromatic heterocycles. The van der Waals surface area contributed by atoms with Crippen LogP contribution in [0.25, 0.3) is 5.70 Å². The number of hydrogen-bond acceptors (Lipinski definition) is 6. The topological polar surface area (TPSA) is 74.2 Å². The van der Waals surface area contributed by atoms with Crippen LogP contribution in [0.15, 0.2) is 53.2 Å². The Morgan fingerprint density at radius 1 is 1.38 bits per heavy atom. The van der Waals surface area contributed by atoms with Gasteiger partial charge in [-0.05, 0) is 63.5 Å². The molecule has 0 spiro atoms. The lowest BCUT2D eigenvalue weighted by atomic mass is 10.0. The summed E-state index contributed by atoms with van der Waals surface area (Å²) >= 11 is 0. The number of carbonyl (C=O) groups is 1. The highest BCUT2D eigenvalue weighted by Crippen LogP contribution is 2.32. The lowest BCUT2D eigenvalue weighted by Crippen LogP contribution is -2.48. The van der Waals surface area contributed by atoms with Gasteiger partial charge in [0.1, 0.15) is 0 Å². The minimum atomic E-state index is -3.09. The number of hydrogen-bond donors (Lipinski definition) is 2. The number of alkyl halides is 2. The smallest absolute Gasteiger partial charge is 0.387 e. The Bertz CT molecular complexity index is 970. The van der Waals surface area contributed by atoms with Crippen LogP contribution in [0.4, 0.5) is 8.78 Å². The van der Waals surface area contributed by atoms with Gasteiger partial charge >= 0.3 is 6.61 Å². The van der Waals surface area contributed by atoms with Crippen molar-refractivity contribution in [1.29, 1.82) is 0 Å². The van der Waals surface area contributed by atoms with Crippen molar-refractivity contribution in [2.45, 2.75) is 53.7 Å². The first-order valence-corrected chi connectivity index (χ1v) is 11.6. The Labute approximate surface area is 200 Å². The molecule has 2 atom stereocenters. The summed E-state index contributed by atoms with van der Waals surface area (Å²) in [5, 5.41) is 13.3. The van der Waals surface area contributed by atoms with Crippen molar-refractivity contribution in [1.82, 2.24) is 10.2 Å². The quantitative estimate of drug-likeness (QED) is 0.278. The maximum Gasteiger partial charge on any atom is 0.387 e. The molecule has 0 amide bonds. The average molecular weight is 476 g/mol. The van der Waals surface area contributed by atoms with Crippen molar-refractivity contribution >= 4 is 17.2 Å². The Balaban J connectivity index is 2.46. The Morgan fingerprint density at radius 3 is 2.71 bits per heavy atom. The van der Waals surface area contributed by atoms with Crippen LogP contribution in [0.1, 0.15) is 46.6 Å². The first kappa shape index (κ1) is 27.2. The summed E-state index contributed by atoms with van der Waals surface area (Å²) in [6.07, 6.45) is 8.20. The van der Waals surface area contributed by atoms with Crippen molar-refractivity contribution in [3.05, 3.63) is 53.8 Å². The summed E-state index contributed by atoms with van der Waals surface area (Å²) in [4.78, 5) is 19.0. The number of piperazine rings is 1. The molecule has 0 bridgehead atoms. The van der Waals surface area contributed by atoms with Gasteiger partial charge in [-0.1, -0.05) is 19.9 Å². The number of phenolic OH excluding ortho intramolecular Hbond substituents is 1. The maximum atomic E-state index is 12.7. The fraction of sp³-hybridized carbons (Fsp3) is 0.462. The molecule has 0 saturated carbocycles. The number of aromatic hydroxyl groups is 1. The van der Waals surface area contributed by atoms with Gasteiger partial charge in [-0.3, -0.25) is 9.79 Å². The summed E-state index contributed by atoms with van der Waals surface area (Å²) in [5.74, 6) is -0.942. The van der Waals surface area contributed by atoms with E-state index in [4.69, 9.17) is 4.99 Å². The third kappa shape index (κ3) is 8.09. The number of rotatable bonds is 10. The van der Waals surface area contributed by atoms with Crippen LogP contribution >= 0.6 is 0 Å². The molecular formula is C26H35F2N3O3. The molecule has 0 radical (unpaired) electrons. The summed E-state index contributed by atoms with van der Waals surface area (Å²) in [6.45, 7) is 9.26. The molecule has 1 saturated heterocycles. The van der Waals surface area contributed by atoms with Crippen LogP contribution in [0, 0.1) is 5.92 Å². The van der Waals surface area contributed by atoms with E-state index in [1.54, 1.807) is 0 Å². The Kier molecular flexibility index (Phi) is 10.4. The van der Waals surface area contributed by atoms with E-state index in [0.29, 0.717) is 17.3 Å². The first-order valence-electron chi connectivity index (χ1n) is 11.6. The minimum Gasteiger partial charge on any atom is -0.504 e. The van der Waals surface area contributed by atoms with Gasteiger partial charge in [-0.2, -0.15) is 8.78 Å². The standard InChI is InChI=1S/C26H35F2N3O3/c1-6-17(3)22(10-9-21(7-2)31-13-12-29-18(4)16-31)30-23(14-19(5)32)20-8-11-24(33)25(15-20)34-26(27)28/h7-11,14-15,17-18,26,29,33H,6,12-13,16H2,1-5H3/b10-9-,21-7+,23-14-,30-22+/t17?,18-/m0/s1. The van der Waals surface area contributed by atoms with Crippen LogP contribution in [-0.4, -0.2) is 53.8 Å². The molecule has 0 aliphatic carbocycles. The van der Waals surface area contributed by atoms with E-state index in [1.165, 1.54) is 31.2 Å². The fourth-order valence-corrected chi connectivity index (χ4v) is 3.62. The van der Waals surface area contributed by atoms with E-state index in [0.717, 1.165) is 37.5 Å². The summed E-state index contributed by atoms with van der Waals surface area (Å²) < 4.78 is 29.9. The van der Waals surface area contributed by atoms with Crippen LogP contribution in [0.3, 0.4) is 0 Å². The number of ketones is 1. The zero-order chi connectivity index (χ0) is 25.3. The second-order valence-corrected chi connectivity index (χ2v) is 8.40. The van der Waals surface area contributed by atoms with Gasteiger partial charge < -0.3 is 20.1 Å². The molecule has 2 N–H and O–H groups in total. The number of phenols is 1. The van der Waals surface area contributed by atoms with Crippen LogP contribution in [-0.2, 0) is 4.79 Å². The van der Waals surface area contributed by atoms with Crippen LogP contribution < -0.4 is 10.1 Å². The van der Waals surface area contributed by atoms with Crippen molar-refractivity contribution in [3.8, 4) is 11.5 Å². The monoisotopic (exact) mass is 475 g/mol. The van der Waals surface area contributed by atoms with Gasteiger partial charge in [0.2, 0.25) is 0 Å². The van der Waals surface area contributed by atoms with Gasteiger partial charge in [-0.15, -0.1) is 0 Å². The number of benzene rings is 1. The number of allylic oxidation sites excluding steroid dienone is 4. The van der Waals surface area contributed by atoms with Gasteiger partial charge in [0.25, 0.3) is 0 Å². The predicted octanol–water partition coefficient (Wildman–Crippen LogP) is 5.16. The van der Waals surface area contributed by atoms with Crippen molar-refractivity contribution in [3.63, 3.8) is 0 Å². The third-order valence-electron chi connectivity index (χ3n) is 5.63. The van der Waals surface area contributed by atoms with Crippen molar-refractivity contribution in [2.75, 3.05) is 19.6 Å². The van der Waals surface area contributed by atoms with Crippen LogP contribution in [0.2, 0.25) is 0 Å². The second kappa shape index (κ2) is 13.0. The lowest BCUT2D eigenvalue weighted by molar-refractivity contribution is -0.112. The molecule has 186 valence electrons. The van der Waals surface area contributed by atoms with E-state index < -0.39 is 12.4 Å². The van der Waals surface area contributed by atoms with Crippen molar-refractivity contribution in [2.24, 2.45) is 10.9 Å². The molecule has 1 aromatic carbocycles. The zero-order valence-electron chi connectivity index (χ0n) is 20.5. The molecule has 8 heteroatoms. The third-order valence-corrected chi connectivity index (χ3v) is 5.63. The van der Waals surface area contributed by atoms with E-state index >= 15 is 0 Å². The highest BCUT2D eigenvalue weighted by atomic mass is 19.3. The van der Waals surface area contributed by atoms with E-state index in [2.05, 4.69) is 28.0 Å². The predicted molar refractivity (Wildman–Crippen MR) is 132 cm³/mol. The molecule has 1 aliphatic rings. The fourth-order valence-electron chi connectivity index (χ4n) is 3.62. The number of aliphatic imine (C=N–C) groups is 1. The Hall–Kier alpha value is -3.00. The number of halogens is 2. The van der Waals surface area contributed by atoms with Gasteiger partial charge in [0.05, 0.1) is 5.70 Å². The largest absolute Gasteiger partial charge is 0.504 e. The molecular weight excluding hydrogens is 440 g/mol. The maximum absolute atomic E-state index is 12.7. The van der Waals surface area contributed by atoms with Crippen LogP contribution in [0.5, 0.6) is 11.5 Å². The molecule has 34 heavy (non-hydrogen) atoms. The molecule has 1 unspecified atom stereocenters. The van der Waals surface area contributed by atoms with E-state index in [9.17, 15) is 18.7 Å². The van der Waals surface area contributed by atoms with Gasteiger partial charge in [0.15, 0.2) is 17.3 Å². The Morgan fingerprint density at radius 2 is 2.12 bits per heavy atom. The number of nitrogens with zero attached hydrogens (tertiary/aromatic N) is 2. The van der Waals surface area contributed by atoms with Crippen molar-refractivity contribution < 1.29 is 23.4 Å². The summed E-state index contributed by atoms with van der Waals surface area (Å²) in [5.41, 5.74) is 2.53. The lowest BCUT2D eigenvalue weighted by Gasteiger charge is -2.34. The molecule has 1 heterocycles. The number of nitrogens with one attached hydrogen (secondary N) is 1. The molecule has 6 nitrogen and oxygen atoms in total. The number of ether oxygens (including phenoxy) is 1. The summed E-state index contributed by atoms with van der Waals surface area (Å²) in [6, 6.07) is 4.42. The minimum absolute atomic E-state index is 0.0839. The molecule has 2 rings (SSSR count). The normalized spacial score (nSPS) is 19.1. The van der Waals surface area contributed by atoms with E-state index in [-0.39, 0.29) is 17.5 Å². The highest BCUT2D eigenvalue weighted by molar-refractivity contribution is 6.03.